The number of hydroxylamine groups is 2. The quantitative estimate of drug-likeness (QED) is 0.529. The Labute approximate surface area is 223 Å². The van der Waals surface area contributed by atoms with Gasteiger partial charge in [0, 0.05) is 18.4 Å². The van der Waals surface area contributed by atoms with Gasteiger partial charge in [-0.3, -0.25) is 14.4 Å². The van der Waals surface area contributed by atoms with Crippen molar-refractivity contribution >= 4 is 23.6 Å². The summed E-state index contributed by atoms with van der Waals surface area (Å²) < 4.78 is 39.6. The van der Waals surface area contributed by atoms with E-state index in [0.29, 0.717) is 44.3 Å². The van der Waals surface area contributed by atoms with E-state index < -0.39 is 35.3 Å². The van der Waals surface area contributed by atoms with E-state index in [2.05, 4.69) is 0 Å². The van der Waals surface area contributed by atoms with Gasteiger partial charge in [-0.25, -0.2) is 23.5 Å². The van der Waals surface area contributed by atoms with Gasteiger partial charge in [0.15, 0.2) is 17.2 Å². The number of imide groups is 1. The van der Waals surface area contributed by atoms with E-state index in [-0.39, 0.29) is 34.9 Å². The highest BCUT2D eigenvalue weighted by Crippen LogP contribution is 2.37. The molecule has 2 aromatic carbocycles. The van der Waals surface area contributed by atoms with Gasteiger partial charge in [0.25, 0.3) is 5.91 Å². The average molecular weight is 540 g/mol. The Morgan fingerprint density at radius 2 is 1.82 bits per heavy atom. The number of halogens is 2. The van der Waals surface area contributed by atoms with E-state index in [4.69, 9.17) is 19.6 Å². The topological polar surface area (TPSA) is 109 Å². The monoisotopic (exact) mass is 539 g/mol. The van der Waals surface area contributed by atoms with Crippen molar-refractivity contribution in [1.82, 2.24) is 5.06 Å². The first-order chi connectivity index (χ1) is 18.6. The summed E-state index contributed by atoms with van der Waals surface area (Å²) in [6.07, 6.45) is 1.13. The summed E-state index contributed by atoms with van der Waals surface area (Å²) in [6, 6.07) is 9.18. The van der Waals surface area contributed by atoms with Gasteiger partial charge < -0.3 is 9.47 Å². The first-order valence-electron chi connectivity index (χ1n) is 12.8. The first-order valence-corrected chi connectivity index (χ1v) is 12.8. The van der Waals surface area contributed by atoms with Crippen LogP contribution in [0.5, 0.6) is 5.75 Å². The summed E-state index contributed by atoms with van der Waals surface area (Å²) in [5.74, 6) is -2.43. The molecule has 5 rings (SSSR count). The van der Waals surface area contributed by atoms with Gasteiger partial charge in [-0.05, 0) is 75.4 Å². The predicted molar refractivity (Wildman–Crippen MR) is 132 cm³/mol. The number of rotatable bonds is 5. The zero-order chi connectivity index (χ0) is 27.9. The van der Waals surface area contributed by atoms with E-state index in [1.807, 2.05) is 6.07 Å². The van der Waals surface area contributed by atoms with Gasteiger partial charge >= 0.3 is 6.09 Å². The molecule has 0 unspecified atom stereocenters. The maximum absolute atomic E-state index is 14.6. The molecule has 9 nitrogen and oxygen atoms in total. The van der Waals surface area contributed by atoms with E-state index in [1.54, 1.807) is 6.07 Å². The van der Waals surface area contributed by atoms with Crippen LogP contribution in [-0.4, -0.2) is 41.3 Å². The summed E-state index contributed by atoms with van der Waals surface area (Å²) in [5.41, 5.74) is -0.492. The molecule has 204 valence electrons. The third kappa shape index (κ3) is 5.16. The van der Waals surface area contributed by atoms with Crippen molar-refractivity contribution in [1.29, 1.82) is 5.26 Å². The summed E-state index contributed by atoms with van der Waals surface area (Å²) in [4.78, 5) is 44.6. The molecule has 0 aromatic heterocycles. The van der Waals surface area contributed by atoms with E-state index in [1.165, 1.54) is 37.1 Å². The number of nitriles is 1. The normalized spacial score (nSPS) is 24.4. The molecule has 11 heteroatoms. The fourth-order valence-electron chi connectivity index (χ4n) is 5.25. The molecule has 0 radical (unpaired) electrons. The summed E-state index contributed by atoms with van der Waals surface area (Å²) in [6.45, 7) is 3.25. The van der Waals surface area contributed by atoms with Crippen molar-refractivity contribution in [2.45, 2.75) is 63.7 Å². The number of amides is 3. The van der Waals surface area contributed by atoms with E-state index >= 15 is 0 Å². The molecular formula is C28H27F2N3O6. The second-order valence-electron chi connectivity index (χ2n) is 10.4. The molecule has 2 aliphatic heterocycles. The Hall–Kier alpha value is -4.04. The third-order valence-electron chi connectivity index (χ3n) is 7.29. The van der Waals surface area contributed by atoms with Crippen LogP contribution in [0.2, 0.25) is 0 Å². The highest BCUT2D eigenvalue weighted by molar-refractivity contribution is 6.19. The molecule has 0 N–H and O–H groups in total. The van der Waals surface area contributed by atoms with Crippen molar-refractivity contribution in [3.8, 4) is 11.8 Å². The number of benzene rings is 2. The molecule has 3 aliphatic rings. The van der Waals surface area contributed by atoms with E-state index in [0.717, 1.165) is 17.0 Å². The summed E-state index contributed by atoms with van der Waals surface area (Å²) >= 11 is 0. The smallest absolute Gasteiger partial charge is 0.422 e. The number of anilines is 1. The van der Waals surface area contributed by atoms with Crippen LogP contribution in [0.1, 0.15) is 63.1 Å². The minimum Gasteiger partial charge on any atom is -0.487 e. The van der Waals surface area contributed by atoms with Crippen LogP contribution in [0, 0.1) is 28.9 Å². The lowest BCUT2D eigenvalue weighted by atomic mass is 9.86. The zero-order valence-corrected chi connectivity index (χ0v) is 21.5. The van der Waals surface area contributed by atoms with Crippen LogP contribution in [0.25, 0.3) is 0 Å². The molecule has 2 saturated heterocycles. The standard InChI is InChI=1S/C28H27F2N3O6/c1-28(2)26(35)32(27(36)39-28)20-5-8-22(30)24(14-20)38-21-6-3-17(4-7-21)25(34)33-23(9-10-37-33)18-11-16(15-31)12-19(29)13-18/h5,8,11-14,17,21,23H,3-4,6-7,9-10H2,1-2H3/t17?,21?,23-/m0/s1. The van der Waals surface area contributed by atoms with Crippen LogP contribution in [0.15, 0.2) is 36.4 Å². The van der Waals surface area contributed by atoms with Gasteiger partial charge in [-0.1, -0.05) is 0 Å². The molecule has 1 atom stereocenters. The van der Waals surface area contributed by atoms with Crippen molar-refractivity contribution in [3.05, 3.63) is 59.2 Å². The Morgan fingerprint density at radius 3 is 2.49 bits per heavy atom. The van der Waals surface area contributed by atoms with Crippen LogP contribution in [0.4, 0.5) is 19.3 Å². The average Bonchev–Trinajstić information content (AvgIpc) is 3.47. The number of carbonyl (C=O) groups excluding carboxylic acids is 3. The third-order valence-corrected chi connectivity index (χ3v) is 7.29. The molecule has 0 bridgehead atoms. The largest absolute Gasteiger partial charge is 0.487 e. The highest BCUT2D eigenvalue weighted by atomic mass is 19.1. The lowest BCUT2D eigenvalue weighted by Gasteiger charge is -2.32. The molecule has 3 fully saturated rings. The Kier molecular flexibility index (Phi) is 6.99. The van der Waals surface area contributed by atoms with Crippen LogP contribution >= 0.6 is 0 Å². The second-order valence-corrected chi connectivity index (χ2v) is 10.4. The van der Waals surface area contributed by atoms with Crippen molar-refractivity contribution in [2.24, 2.45) is 5.92 Å². The lowest BCUT2D eigenvalue weighted by Crippen LogP contribution is -2.38. The number of cyclic esters (lactones) is 1. The fourth-order valence-corrected chi connectivity index (χ4v) is 5.25. The number of hydrogen-bond acceptors (Lipinski definition) is 7. The van der Waals surface area contributed by atoms with Crippen LogP contribution < -0.4 is 9.64 Å². The second kappa shape index (κ2) is 10.3. The molecule has 1 aliphatic carbocycles. The van der Waals surface area contributed by atoms with Gasteiger partial charge in [-0.15, -0.1) is 0 Å². The highest BCUT2D eigenvalue weighted by Gasteiger charge is 2.48. The predicted octanol–water partition coefficient (Wildman–Crippen LogP) is 4.94. The SMILES string of the molecule is CC1(C)OC(=O)N(c2ccc(F)c(OC3CCC(C(=O)N4OCC[C@H]4c4cc(F)cc(C#N)c4)CC3)c2)C1=O. The maximum atomic E-state index is 14.6. The van der Waals surface area contributed by atoms with Crippen molar-refractivity contribution < 1.29 is 37.5 Å². The zero-order valence-electron chi connectivity index (χ0n) is 21.5. The molecule has 3 amide bonds. The molecule has 39 heavy (non-hydrogen) atoms. The number of hydrogen-bond donors (Lipinski definition) is 0. The van der Waals surface area contributed by atoms with Crippen LogP contribution in [-0.2, 0) is 19.2 Å². The first kappa shape index (κ1) is 26.6. The molecular weight excluding hydrogens is 512 g/mol. The minimum atomic E-state index is -1.32. The van der Waals surface area contributed by atoms with Crippen LogP contribution in [0.3, 0.4) is 0 Å². The summed E-state index contributed by atoms with van der Waals surface area (Å²) in [7, 11) is 0. The molecule has 2 heterocycles. The van der Waals surface area contributed by atoms with Gasteiger partial charge in [0.1, 0.15) is 5.82 Å². The molecule has 0 spiro atoms. The Bertz CT molecular complexity index is 1370. The number of carbonyl (C=O) groups is 3. The maximum Gasteiger partial charge on any atom is 0.422 e. The number of ether oxygens (including phenoxy) is 2. The lowest BCUT2D eigenvalue weighted by molar-refractivity contribution is -0.183. The van der Waals surface area contributed by atoms with Crippen molar-refractivity contribution in [3.63, 3.8) is 0 Å². The van der Waals surface area contributed by atoms with E-state index in [9.17, 15) is 23.2 Å². The fraction of sp³-hybridized carbons (Fsp3) is 0.429. The van der Waals surface area contributed by atoms with Gasteiger partial charge in [-0.2, -0.15) is 5.26 Å². The van der Waals surface area contributed by atoms with Gasteiger partial charge in [0.2, 0.25) is 5.91 Å². The van der Waals surface area contributed by atoms with Gasteiger partial charge in [0.05, 0.1) is 36.1 Å². The Balaban J connectivity index is 1.23. The Morgan fingerprint density at radius 1 is 1.08 bits per heavy atom. The molecule has 1 saturated carbocycles. The van der Waals surface area contributed by atoms with Crippen molar-refractivity contribution in [2.75, 3.05) is 11.5 Å². The summed E-state index contributed by atoms with van der Waals surface area (Å²) in [5, 5.41) is 10.5. The molecule has 2 aromatic rings. The minimum absolute atomic E-state index is 0.102. The number of nitrogens with zero attached hydrogens (tertiary/aromatic N) is 3.